The van der Waals surface area contributed by atoms with Crippen LogP contribution in [0, 0.1) is 11.6 Å². The molecular formula is C14H15F2NO4. The Balaban J connectivity index is 2.05. The average molecular weight is 299 g/mol. The summed E-state index contributed by atoms with van der Waals surface area (Å²) in [5.74, 6) is -3.60. The first-order valence-corrected chi connectivity index (χ1v) is 6.55. The molecule has 0 aromatic heterocycles. The van der Waals surface area contributed by atoms with E-state index >= 15 is 0 Å². The molecule has 1 fully saturated rings. The Labute approximate surface area is 120 Å². The molecule has 0 radical (unpaired) electrons. The maximum atomic E-state index is 13.1. The molecule has 21 heavy (non-hydrogen) atoms. The number of benzene rings is 1. The number of rotatable bonds is 4. The van der Waals surface area contributed by atoms with E-state index in [1.165, 1.54) is 17.9 Å². The highest BCUT2D eigenvalue weighted by Gasteiger charge is 2.36. The Hall–Kier alpha value is -2.18. The fourth-order valence-electron chi connectivity index (χ4n) is 2.33. The van der Waals surface area contributed by atoms with Gasteiger partial charge in [0.1, 0.15) is 11.8 Å². The summed E-state index contributed by atoms with van der Waals surface area (Å²) in [7, 11) is 0. The molecule has 0 aliphatic carbocycles. The summed E-state index contributed by atoms with van der Waals surface area (Å²) in [6, 6.07) is 2.10. The number of carbonyl (C=O) groups is 2. The molecule has 1 aromatic carbocycles. The van der Waals surface area contributed by atoms with Crippen molar-refractivity contribution in [2.24, 2.45) is 0 Å². The van der Waals surface area contributed by atoms with Gasteiger partial charge in [0.2, 0.25) is 0 Å². The lowest BCUT2D eigenvalue weighted by Crippen LogP contribution is -2.46. The van der Waals surface area contributed by atoms with E-state index < -0.39 is 35.7 Å². The molecule has 1 saturated heterocycles. The topological polar surface area (TPSA) is 66.8 Å². The molecule has 1 heterocycles. The fourth-order valence-corrected chi connectivity index (χ4v) is 2.33. The van der Waals surface area contributed by atoms with Crippen LogP contribution in [-0.2, 0) is 9.59 Å². The minimum Gasteiger partial charge on any atom is -0.481 e. The summed E-state index contributed by atoms with van der Waals surface area (Å²) < 4.78 is 31.1. The summed E-state index contributed by atoms with van der Waals surface area (Å²) in [5, 5.41) is 9.05. The van der Waals surface area contributed by atoms with Crippen LogP contribution in [0.25, 0.3) is 0 Å². The van der Waals surface area contributed by atoms with Crippen molar-refractivity contribution in [2.45, 2.75) is 31.9 Å². The zero-order chi connectivity index (χ0) is 15.6. The van der Waals surface area contributed by atoms with Crippen molar-refractivity contribution in [1.29, 1.82) is 0 Å². The maximum Gasteiger partial charge on any atom is 0.326 e. The number of aliphatic carboxylic acids is 1. The van der Waals surface area contributed by atoms with Crippen LogP contribution in [0.3, 0.4) is 0 Å². The van der Waals surface area contributed by atoms with Gasteiger partial charge < -0.3 is 14.7 Å². The Morgan fingerprint density at radius 2 is 2.10 bits per heavy atom. The first kappa shape index (κ1) is 15.2. The SMILES string of the molecule is CC(Oc1ccc(F)c(F)c1)C(=O)N1CCCC1C(=O)O. The van der Waals surface area contributed by atoms with Crippen LogP contribution in [-0.4, -0.2) is 40.6 Å². The van der Waals surface area contributed by atoms with Crippen LogP contribution >= 0.6 is 0 Å². The third-order valence-corrected chi connectivity index (χ3v) is 3.37. The standard InChI is InChI=1S/C14H15F2NO4/c1-8(21-9-4-5-10(15)11(16)7-9)13(18)17-6-2-3-12(17)14(19)20/h4-5,7-8,12H,2-3,6H2,1H3,(H,19,20). The monoisotopic (exact) mass is 299 g/mol. The maximum absolute atomic E-state index is 13.1. The molecular weight excluding hydrogens is 284 g/mol. The van der Waals surface area contributed by atoms with E-state index in [1.807, 2.05) is 0 Å². The highest BCUT2D eigenvalue weighted by molar-refractivity contribution is 5.87. The predicted octanol–water partition coefficient (Wildman–Crippen LogP) is 1.81. The molecule has 2 atom stereocenters. The third kappa shape index (κ3) is 3.29. The van der Waals surface area contributed by atoms with Crippen LogP contribution in [0.4, 0.5) is 8.78 Å². The van der Waals surface area contributed by atoms with Crippen molar-refractivity contribution >= 4 is 11.9 Å². The molecule has 1 aliphatic rings. The van der Waals surface area contributed by atoms with Gasteiger partial charge in [-0.25, -0.2) is 13.6 Å². The summed E-state index contributed by atoms with van der Waals surface area (Å²) >= 11 is 0. The molecule has 114 valence electrons. The minimum absolute atomic E-state index is 0.0146. The van der Waals surface area contributed by atoms with E-state index in [0.29, 0.717) is 19.4 Å². The molecule has 1 aromatic rings. The van der Waals surface area contributed by atoms with E-state index in [0.717, 1.165) is 12.1 Å². The number of ether oxygens (including phenoxy) is 1. The van der Waals surface area contributed by atoms with Crippen molar-refractivity contribution in [3.05, 3.63) is 29.8 Å². The molecule has 5 nitrogen and oxygen atoms in total. The van der Waals surface area contributed by atoms with Gasteiger partial charge in [0.15, 0.2) is 17.7 Å². The summed E-state index contributed by atoms with van der Waals surface area (Å²) in [4.78, 5) is 24.5. The Morgan fingerprint density at radius 1 is 1.38 bits per heavy atom. The van der Waals surface area contributed by atoms with Gasteiger partial charge >= 0.3 is 5.97 Å². The van der Waals surface area contributed by atoms with Gasteiger partial charge in [0, 0.05) is 12.6 Å². The molecule has 1 aliphatic heterocycles. The van der Waals surface area contributed by atoms with Gasteiger partial charge in [0.05, 0.1) is 0 Å². The number of hydrogen-bond acceptors (Lipinski definition) is 3. The van der Waals surface area contributed by atoms with Gasteiger partial charge in [-0.05, 0) is 31.9 Å². The van der Waals surface area contributed by atoms with Crippen LogP contribution in [0.2, 0.25) is 0 Å². The van der Waals surface area contributed by atoms with E-state index in [9.17, 15) is 18.4 Å². The Bertz CT molecular complexity index is 564. The zero-order valence-electron chi connectivity index (χ0n) is 11.4. The lowest BCUT2D eigenvalue weighted by atomic mass is 10.2. The van der Waals surface area contributed by atoms with Crippen LogP contribution < -0.4 is 4.74 Å². The second-order valence-corrected chi connectivity index (χ2v) is 4.86. The number of halogens is 2. The molecule has 2 rings (SSSR count). The second-order valence-electron chi connectivity index (χ2n) is 4.86. The normalized spacial score (nSPS) is 19.4. The number of carbonyl (C=O) groups excluding carboxylic acids is 1. The molecule has 0 saturated carbocycles. The average Bonchev–Trinajstić information content (AvgIpc) is 2.91. The van der Waals surface area contributed by atoms with Crippen LogP contribution in [0.15, 0.2) is 18.2 Å². The van der Waals surface area contributed by atoms with Gasteiger partial charge in [0.25, 0.3) is 5.91 Å². The highest BCUT2D eigenvalue weighted by Crippen LogP contribution is 2.21. The van der Waals surface area contributed by atoms with Crippen molar-refractivity contribution in [3.8, 4) is 5.75 Å². The van der Waals surface area contributed by atoms with Gasteiger partial charge in [-0.2, -0.15) is 0 Å². The minimum atomic E-state index is -1.07. The quantitative estimate of drug-likeness (QED) is 0.920. The number of amides is 1. The van der Waals surface area contributed by atoms with E-state index in [1.54, 1.807) is 0 Å². The summed E-state index contributed by atoms with van der Waals surface area (Å²) in [6.07, 6.45) is 0.0364. The van der Waals surface area contributed by atoms with Gasteiger partial charge in [-0.1, -0.05) is 0 Å². The van der Waals surface area contributed by atoms with Crippen molar-refractivity contribution < 1.29 is 28.2 Å². The van der Waals surface area contributed by atoms with Gasteiger partial charge in [-0.15, -0.1) is 0 Å². The highest BCUT2D eigenvalue weighted by atomic mass is 19.2. The van der Waals surface area contributed by atoms with E-state index in [-0.39, 0.29) is 5.75 Å². The van der Waals surface area contributed by atoms with Crippen molar-refractivity contribution in [1.82, 2.24) is 4.90 Å². The molecule has 0 bridgehead atoms. The Kier molecular flexibility index (Phi) is 4.40. The number of carboxylic acid groups (broad SMARTS) is 1. The van der Waals surface area contributed by atoms with Crippen LogP contribution in [0.1, 0.15) is 19.8 Å². The fraction of sp³-hybridized carbons (Fsp3) is 0.429. The molecule has 1 amide bonds. The summed E-state index contributed by atoms with van der Waals surface area (Å²) in [6.45, 7) is 1.79. The first-order valence-electron chi connectivity index (χ1n) is 6.55. The largest absolute Gasteiger partial charge is 0.481 e. The van der Waals surface area contributed by atoms with Crippen molar-refractivity contribution in [2.75, 3.05) is 6.54 Å². The lowest BCUT2D eigenvalue weighted by molar-refractivity contribution is -0.150. The Morgan fingerprint density at radius 3 is 2.71 bits per heavy atom. The molecule has 7 heteroatoms. The number of hydrogen-bond donors (Lipinski definition) is 1. The summed E-state index contributed by atoms with van der Waals surface area (Å²) in [5.41, 5.74) is 0. The second kappa shape index (κ2) is 6.07. The number of likely N-dealkylation sites (tertiary alicyclic amines) is 1. The zero-order valence-corrected chi connectivity index (χ0v) is 11.4. The lowest BCUT2D eigenvalue weighted by Gasteiger charge is -2.25. The number of carboxylic acids is 1. The molecule has 1 N–H and O–H groups in total. The first-order chi connectivity index (χ1) is 9.90. The van der Waals surface area contributed by atoms with Crippen molar-refractivity contribution in [3.63, 3.8) is 0 Å². The third-order valence-electron chi connectivity index (χ3n) is 3.37. The van der Waals surface area contributed by atoms with E-state index in [4.69, 9.17) is 9.84 Å². The molecule has 2 unspecified atom stereocenters. The molecule has 0 spiro atoms. The van der Waals surface area contributed by atoms with Gasteiger partial charge in [-0.3, -0.25) is 4.79 Å². The number of nitrogens with zero attached hydrogens (tertiary/aromatic N) is 1. The van der Waals surface area contributed by atoms with E-state index in [2.05, 4.69) is 0 Å². The predicted molar refractivity (Wildman–Crippen MR) is 68.8 cm³/mol. The smallest absolute Gasteiger partial charge is 0.326 e. The van der Waals surface area contributed by atoms with Crippen LogP contribution in [0.5, 0.6) is 5.75 Å².